The minimum absolute atomic E-state index is 0.0849. The summed E-state index contributed by atoms with van der Waals surface area (Å²) in [6.07, 6.45) is 9.11. The lowest BCUT2D eigenvalue weighted by atomic mass is 9.63. The van der Waals surface area contributed by atoms with Crippen LogP contribution in [0.5, 0.6) is 0 Å². The fraction of sp³-hybridized carbons (Fsp3) is 0.0690. The molecule has 2 aliphatic heterocycles. The van der Waals surface area contributed by atoms with Gasteiger partial charge < -0.3 is 15.5 Å². The molecule has 11 rings (SSSR count). The number of nitrogens with zero attached hydrogens (tertiary/aromatic N) is 1. The monoisotopic (exact) mass is 783 g/mol. The molecule has 0 fully saturated rings. The van der Waals surface area contributed by atoms with Gasteiger partial charge in [-0.15, -0.1) is 0 Å². The van der Waals surface area contributed by atoms with Crippen LogP contribution in [0.2, 0.25) is 0 Å². The number of rotatable bonds is 9. The summed E-state index contributed by atoms with van der Waals surface area (Å²) >= 11 is 0. The first-order chi connectivity index (χ1) is 30.3. The van der Waals surface area contributed by atoms with E-state index in [1.54, 1.807) is 0 Å². The van der Waals surface area contributed by atoms with E-state index in [9.17, 15) is 0 Å². The Morgan fingerprint density at radius 2 is 1.16 bits per heavy atom. The average molecular weight is 784 g/mol. The maximum atomic E-state index is 3.82. The third kappa shape index (κ3) is 6.42. The summed E-state index contributed by atoms with van der Waals surface area (Å²) in [5.41, 5.74) is 19.3. The Morgan fingerprint density at radius 3 is 1.87 bits per heavy atom. The molecule has 3 aliphatic rings. The highest BCUT2D eigenvalue weighted by Gasteiger charge is 2.52. The van der Waals surface area contributed by atoms with Gasteiger partial charge in [-0.05, 0) is 97.6 Å². The first-order valence-corrected chi connectivity index (χ1v) is 21.3. The Kier molecular flexibility index (Phi) is 9.37. The van der Waals surface area contributed by atoms with Crippen molar-refractivity contribution in [2.45, 2.75) is 18.0 Å². The number of fused-ring (bicyclic) bond motifs is 8. The van der Waals surface area contributed by atoms with Gasteiger partial charge in [-0.3, -0.25) is 0 Å². The average Bonchev–Trinajstić information content (AvgIpc) is 3.63. The third-order valence-corrected chi connectivity index (χ3v) is 12.6. The molecule has 0 amide bonds. The lowest BCUT2D eigenvalue weighted by Gasteiger charge is -2.45. The van der Waals surface area contributed by atoms with Gasteiger partial charge in [0.2, 0.25) is 0 Å². The maximum Gasteiger partial charge on any atom is 0.0769 e. The topological polar surface area (TPSA) is 27.3 Å². The fourth-order valence-electron chi connectivity index (χ4n) is 9.82. The second kappa shape index (κ2) is 15.6. The number of hydrogen-bond donors (Lipinski definition) is 2. The third-order valence-electron chi connectivity index (χ3n) is 12.6. The van der Waals surface area contributed by atoms with E-state index in [1.165, 1.54) is 83.8 Å². The SMILES string of the molecule is C1=CC2=C(NC1)c1ccc(-c3ccc(-c4cccc(CNC(/C=C/c5ccccc5)c5ccccc5)c4)cc3)cc1C21c2ccccc2N(c2ccccc2)c2ccccc21. The maximum absolute atomic E-state index is 3.82. The van der Waals surface area contributed by atoms with Crippen molar-refractivity contribution in [2.75, 3.05) is 11.4 Å². The zero-order valence-corrected chi connectivity index (χ0v) is 33.9. The molecule has 3 heteroatoms. The molecular formula is C58H45N3. The zero-order valence-electron chi connectivity index (χ0n) is 33.9. The van der Waals surface area contributed by atoms with E-state index in [0.717, 1.165) is 18.8 Å². The van der Waals surface area contributed by atoms with Crippen LogP contribution in [-0.2, 0) is 12.0 Å². The molecule has 1 aliphatic carbocycles. The minimum atomic E-state index is -0.492. The fourth-order valence-corrected chi connectivity index (χ4v) is 9.82. The van der Waals surface area contributed by atoms with Gasteiger partial charge in [0.25, 0.3) is 0 Å². The van der Waals surface area contributed by atoms with E-state index in [0.29, 0.717) is 0 Å². The van der Waals surface area contributed by atoms with Crippen molar-refractivity contribution in [3.63, 3.8) is 0 Å². The second-order valence-electron chi connectivity index (χ2n) is 16.1. The van der Waals surface area contributed by atoms with Crippen molar-refractivity contribution in [3.05, 3.63) is 269 Å². The normalized spacial score (nSPS) is 14.9. The molecule has 8 aromatic rings. The first-order valence-electron chi connectivity index (χ1n) is 21.3. The smallest absolute Gasteiger partial charge is 0.0769 e. The van der Waals surface area contributed by atoms with Gasteiger partial charge in [-0.25, -0.2) is 0 Å². The van der Waals surface area contributed by atoms with E-state index in [4.69, 9.17) is 0 Å². The van der Waals surface area contributed by atoms with E-state index in [1.807, 2.05) is 0 Å². The number of benzene rings is 8. The van der Waals surface area contributed by atoms with Gasteiger partial charge in [-0.2, -0.15) is 0 Å². The van der Waals surface area contributed by atoms with Crippen LogP contribution in [0.3, 0.4) is 0 Å². The van der Waals surface area contributed by atoms with Crippen LogP contribution in [-0.4, -0.2) is 6.54 Å². The molecule has 3 nitrogen and oxygen atoms in total. The quantitative estimate of drug-likeness (QED) is 0.153. The van der Waals surface area contributed by atoms with Crippen molar-refractivity contribution in [1.29, 1.82) is 0 Å². The summed E-state index contributed by atoms with van der Waals surface area (Å²) in [5.74, 6) is 0. The number of allylic oxidation sites excluding steroid dienone is 2. The standard InChI is InChI=1S/C58H45N3/c1-4-16-41(17-5-1)29-36-54(45-19-6-2-7-20-45)60-40-42-18-14-21-46(38-42)43-30-32-44(33-31-43)47-34-35-49-53(39-47)58(52-26-15-37-59-57(49)52)50-24-10-12-27-55(50)61(48-22-8-3-9-23-48)56-28-13-11-25-51(56)58/h1-36,38-39,54,59-60H,37,40H2/b36-29+. The summed E-state index contributed by atoms with van der Waals surface area (Å²) in [6.45, 7) is 1.56. The van der Waals surface area contributed by atoms with Gasteiger partial charge in [0, 0.05) is 30.0 Å². The van der Waals surface area contributed by atoms with E-state index < -0.39 is 5.41 Å². The molecule has 0 bridgehead atoms. The predicted molar refractivity (Wildman–Crippen MR) is 254 cm³/mol. The van der Waals surface area contributed by atoms with Crippen molar-refractivity contribution < 1.29 is 0 Å². The Morgan fingerprint density at radius 1 is 0.557 bits per heavy atom. The molecule has 1 atom stereocenters. The molecule has 0 aromatic heterocycles. The number of para-hydroxylation sites is 3. The summed E-state index contributed by atoms with van der Waals surface area (Å²) < 4.78 is 0. The molecule has 2 N–H and O–H groups in total. The molecule has 0 saturated heterocycles. The summed E-state index contributed by atoms with van der Waals surface area (Å²) in [7, 11) is 0. The number of hydrogen-bond acceptors (Lipinski definition) is 3. The molecule has 292 valence electrons. The lowest BCUT2D eigenvalue weighted by molar-refractivity contribution is 0.623. The highest BCUT2D eigenvalue weighted by atomic mass is 15.2. The van der Waals surface area contributed by atoms with Crippen LogP contribution in [0.1, 0.15) is 45.0 Å². The zero-order chi connectivity index (χ0) is 40.6. The molecule has 61 heavy (non-hydrogen) atoms. The molecule has 1 spiro atoms. The first kappa shape index (κ1) is 36.6. The highest BCUT2D eigenvalue weighted by Crippen LogP contribution is 2.63. The number of nitrogens with one attached hydrogen (secondary N) is 2. The number of dihydropyridines is 1. The highest BCUT2D eigenvalue weighted by molar-refractivity contribution is 5.97. The summed E-state index contributed by atoms with van der Waals surface area (Å²) in [5, 5.41) is 7.63. The van der Waals surface area contributed by atoms with Crippen molar-refractivity contribution in [3.8, 4) is 22.3 Å². The van der Waals surface area contributed by atoms with Crippen molar-refractivity contribution in [1.82, 2.24) is 10.6 Å². The van der Waals surface area contributed by atoms with Crippen LogP contribution in [0.4, 0.5) is 17.1 Å². The molecule has 8 aromatic carbocycles. The van der Waals surface area contributed by atoms with Gasteiger partial charge in [-0.1, -0.05) is 194 Å². The molecule has 2 heterocycles. The Bertz CT molecular complexity index is 2910. The van der Waals surface area contributed by atoms with Crippen LogP contribution >= 0.6 is 0 Å². The van der Waals surface area contributed by atoms with E-state index >= 15 is 0 Å². The van der Waals surface area contributed by atoms with Crippen LogP contribution in [0, 0.1) is 0 Å². The molecule has 0 radical (unpaired) electrons. The molecule has 1 unspecified atom stereocenters. The van der Waals surface area contributed by atoms with Crippen LogP contribution < -0.4 is 15.5 Å². The van der Waals surface area contributed by atoms with Crippen molar-refractivity contribution >= 4 is 28.8 Å². The molecular weight excluding hydrogens is 739 g/mol. The molecule has 0 saturated carbocycles. The van der Waals surface area contributed by atoms with Gasteiger partial charge >= 0.3 is 0 Å². The predicted octanol–water partition coefficient (Wildman–Crippen LogP) is 13.6. The second-order valence-corrected chi connectivity index (χ2v) is 16.1. The van der Waals surface area contributed by atoms with Gasteiger partial charge in [0.05, 0.1) is 22.8 Å². The van der Waals surface area contributed by atoms with Crippen LogP contribution in [0.25, 0.3) is 34.0 Å². The van der Waals surface area contributed by atoms with Crippen LogP contribution in [0.15, 0.2) is 230 Å². The Hall–Kier alpha value is -7.46. The van der Waals surface area contributed by atoms with E-state index in [-0.39, 0.29) is 6.04 Å². The Labute approximate surface area is 358 Å². The lowest BCUT2D eigenvalue weighted by Crippen LogP contribution is -2.37. The number of anilines is 3. The van der Waals surface area contributed by atoms with Crippen molar-refractivity contribution in [2.24, 2.45) is 0 Å². The minimum Gasteiger partial charge on any atom is -0.381 e. The largest absolute Gasteiger partial charge is 0.381 e. The summed E-state index contributed by atoms with van der Waals surface area (Å²) in [4.78, 5) is 2.44. The van der Waals surface area contributed by atoms with E-state index in [2.05, 4.69) is 246 Å². The summed E-state index contributed by atoms with van der Waals surface area (Å²) in [6, 6.07) is 75.2. The Balaban J connectivity index is 0.927. The van der Waals surface area contributed by atoms with Gasteiger partial charge in [0.1, 0.15) is 0 Å². The van der Waals surface area contributed by atoms with Gasteiger partial charge in [0.15, 0.2) is 0 Å².